The Labute approximate surface area is 108 Å². The molecule has 5 heteroatoms. The smallest absolute Gasteiger partial charge is 0.223 e. The quantitative estimate of drug-likeness (QED) is 0.431. The van der Waals surface area contributed by atoms with Crippen LogP contribution in [0.25, 0.3) is 10.4 Å². The fraction of sp³-hybridized carbons (Fsp3) is 0.923. The lowest BCUT2D eigenvalue weighted by atomic mass is 9.77. The van der Waals surface area contributed by atoms with Gasteiger partial charge in [0.2, 0.25) is 5.91 Å². The minimum absolute atomic E-state index is 0.220. The van der Waals surface area contributed by atoms with E-state index in [9.17, 15) is 4.79 Å². The minimum atomic E-state index is 0.220. The molecule has 0 spiro atoms. The van der Waals surface area contributed by atoms with E-state index in [1.54, 1.807) is 0 Å². The summed E-state index contributed by atoms with van der Waals surface area (Å²) in [7, 11) is 0. The van der Waals surface area contributed by atoms with Gasteiger partial charge in [-0.05, 0) is 29.7 Å². The van der Waals surface area contributed by atoms with E-state index in [-0.39, 0.29) is 11.8 Å². The van der Waals surface area contributed by atoms with Gasteiger partial charge in [-0.2, -0.15) is 0 Å². The molecular weight excluding hydrogens is 228 g/mol. The van der Waals surface area contributed by atoms with Gasteiger partial charge in [-0.25, -0.2) is 0 Å². The van der Waals surface area contributed by atoms with E-state index in [4.69, 9.17) is 5.53 Å². The van der Waals surface area contributed by atoms with Crippen molar-refractivity contribution in [2.24, 2.45) is 22.9 Å². The Kier molecular flexibility index (Phi) is 4.12. The van der Waals surface area contributed by atoms with Gasteiger partial charge < -0.3 is 4.90 Å². The maximum absolute atomic E-state index is 12.1. The van der Waals surface area contributed by atoms with Gasteiger partial charge in [-0.3, -0.25) is 4.79 Å². The van der Waals surface area contributed by atoms with Crippen LogP contribution in [0.3, 0.4) is 0 Å². The third-order valence-corrected chi connectivity index (χ3v) is 4.71. The number of hydrogen-bond donors (Lipinski definition) is 0. The molecule has 2 rings (SSSR count). The average Bonchev–Trinajstić information content (AvgIpc) is 2.71. The van der Waals surface area contributed by atoms with Crippen LogP contribution in [0.2, 0.25) is 0 Å². The van der Waals surface area contributed by atoms with E-state index in [0.717, 1.165) is 13.0 Å². The highest BCUT2D eigenvalue weighted by atomic mass is 16.2. The lowest BCUT2D eigenvalue weighted by Gasteiger charge is -2.40. The molecule has 0 aromatic heterocycles. The molecule has 1 amide bonds. The van der Waals surface area contributed by atoms with Crippen LogP contribution >= 0.6 is 0 Å². The minimum Gasteiger partial charge on any atom is -0.339 e. The third-order valence-electron chi connectivity index (χ3n) is 4.71. The molecule has 4 atom stereocenters. The molecule has 1 aliphatic carbocycles. The van der Waals surface area contributed by atoms with E-state index < -0.39 is 0 Å². The molecule has 1 saturated heterocycles. The molecule has 4 unspecified atom stereocenters. The Bertz CT molecular complexity index is 364. The van der Waals surface area contributed by atoms with Gasteiger partial charge >= 0.3 is 0 Å². The van der Waals surface area contributed by atoms with Crippen LogP contribution in [0, 0.1) is 17.8 Å². The van der Waals surface area contributed by atoms with Crippen molar-refractivity contribution in [3.05, 3.63) is 10.4 Å². The van der Waals surface area contributed by atoms with E-state index in [1.165, 1.54) is 12.8 Å². The topological polar surface area (TPSA) is 69.1 Å². The van der Waals surface area contributed by atoms with E-state index >= 15 is 0 Å². The first kappa shape index (κ1) is 13.2. The molecule has 0 aromatic carbocycles. The van der Waals surface area contributed by atoms with Gasteiger partial charge in [0.05, 0.1) is 0 Å². The van der Waals surface area contributed by atoms with Crippen molar-refractivity contribution in [2.75, 3.05) is 13.1 Å². The molecule has 1 aliphatic heterocycles. The number of hydrogen-bond acceptors (Lipinski definition) is 2. The zero-order valence-electron chi connectivity index (χ0n) is 11.2. The highest BCUT2D eigenvalue weighted by Crippen LogP contribution is 2.35. The fourth-order valence-electron chi connectivity index (χ4n) is 3.40. The first-order valence-electron chi connectivity index (χ1n) is 6.93. The number of likely N-dealkylation sites (tertiary alicyclic amines) is 1. The molecule has 2 fully saturated rings. The van der Waals surface area contributed by atoms with Gasteiger partial charge in [0.25, 0.3) is 0 Å². The molecule has 5 nitrogen and oxygen atoms in total. The largest absolute Gasteiger partial charge is 0.339 e. The predicted octanol–water partition coefficient (Wildman–Crippen LogP) is 2.97. The number of carbonyl (C=O) groups is 1. The second-order valence-corrected chi connectivity index (χ2v) is 5.86. The van der Waals surface area contributed by atoms with Crippen molar-refractivity contribution >= 4 is 5.91 Å². The monoisotopic (exact) mass is 250 g/mol. The van der Waals surface area contributed by atoms with Crippen LogP contribution < -0.4 is 0 Å². The number of amides is 1. The van der Waals surface area contributed by atoms with Gasteiger partial charge in [0.1, 0.15) is 0 Å². The first-order chi connectivity index (χ1) is 8.63. The molecule has 1 heterocycles. The fourth-order valence-corrected chi connectivity index (χ4v) is 3.40. The highest BCUT2D eigenvalue weighted by Gasteiger charge is 2.38. The second kappa shape index (κ2) is 5.61. The molecule has 0 N–H and O–H groups in total. The van der Waals surface area contributed by atoms with Crippen molar-refractivity contribution in [3.8, 4) is 0 Å². The van der Waals surface area contributed by atoms with Gasteiger partial charge in [-0.15, -0.1) is 0 Å². The highest BCUT2D eigenvalue weighted by molar-refractivity contribution is 5.79. The van der Waals surface area contributed by atoms with Crippen LogP contribution in [0.5, 0.6) is 0 Å². The van der Waals surface area contributed by atoms with E-state index in [2.05, 4.69) is 28.8 Å². The summed E-state index contributed by atoms with van der Waals surface area (Å²) in [6, 6.07) is 0.400. The summed E-state index contributed by atoms with van der Waals surface area (Å²) < 4.78 is 0. The Morgan fingerprint density at radius 1 is 1.44 bits per heavy atom. The van der Waals surface area contributed by atoms with Crippen molar-refractivity contribution < 1.29 is 4.79 Å². The summed E-state index contributed by atoms with van der Waals surface area (Å²) >= 11 is 0. The Morgan fingerprint density at radius 3 is 2.94 bits per heavy atom. The molecule has 0 bridgehead atoms. The SMILES string of the molecule is CC1CCCC(N2CC(CN=[N+]=[N-])CC2=O)C1C. The molecule has 1 saturated carbocycles. The van der Waals surface area contributed by atoms with Crippen LogP contribution in [0.4, 0.5) is 0 Å². The molecule has 100 valence electrons. The van der Waals surface area contributed by atoms with Crippen molar-refractivity contribution in [1.29, 1.82) is 0 Å². The maximum Gasteiger partial charge on any atom is 0.223 e. The summed E-state index contributed by atoms with van der Waals surface area (Å²) in [5.74, 6) is 1.76. The van der Waals surface area contributed by atoms with Crippen LogP contribution in [-0.2, 0) is 4.79 Å². The number of azide groups is 1. The van der Waals surface area contributed by atoms with E-state index in [0.29, 0.717) is 30.8 Å². The predicted molar refractivity (Wildman–Crippen MR) is 69.8 cm³/mol. The number of nitrogens with zero attached hydrogens (tertiary/aromatic N) is 4. The van der Waals surface area contributed by atoms with Crippen LogP contribution in [0.15, 0.2) is 5.11 Å². The van der Waals surface area contributed by atoms with Gasteiger partial charge in [0.15, 0.2) is 0 Å². The lowest BCUT2D eigenvalue weighted by molar-refractivity contribution is -0.131. The molecule has 2 aliphatic rings. The molecule has 0 aromatic rings. The van der Waals surface area contributed by atoms with Crippen LogP contribution in [-0.4, -0.2) is 29.9 Å². The second-order valence-electron chi connectivity index (χ2n) is 5.86. The Balaban J connectivity index is 2.00. The third kappa shape index (κ3) is 2.61. The molecule has 18 heavy (non-hydrogen) atoms. The van der Waals surface area contributed by atoms with E-state index in [1.807, 2.05) is 0 Å². The van der Waals surface area contributed by atoms with Crippen LogP contribution in [0.1, 0.15) is 39.5 Å². The Morgan fingerprint density at radius 2 is 2.22 bits per heavy atom. The summed E-state index contributed by atoms with van der Waals surface area (Å²) in [5, 5.41) is 3.60. The standard InChI is InChI=1S/C13H22N4O/c1-9-4-3-5-12(10(9)2)17-8-11(6-13(17)18)7-15-16-14/h9-12H,3-8H2,1-2H3. The van der Waals surface area contributed by atoms with Crippen molar-refractivity contribution in [2.45, 2.75) is 45.6 Å². The molecule has 0 radical (unpaired) electrons. The van der Waals surface area contributed by atoms with Crippen molar-refractivity contribution in [3.63, 3.8) is 0 Å². The summed E-state index contributed by atoms with van der Waals surface area (Å²) in [4.78, 5) is 16.9. The number of carbonyl (C=O) groups excluding carboxylic acids is 1. The van der Waals surface area contributed by atoms with Gasteiger partial charge in [-0.1, -0.05) is 31.8 Å². The van der Waals surface area contributed by atoms with Crippen molar-refractivity contribution in [1.82, 2.24) is 4.90 Å². The van der Waals surface area contributed by atoms with Gasteiger partial charge in [0, 0.05) is 30.5 Å². The molecular formula is C13H22N4O. The first-order valence-corrected chi connectivity index (χ1v) is 6.93. The zero-order valence-corrected chi connectivity index (χ0v) is 11.2. The number of rotatable bonds is 3. The lowest BCUT2D eigenvalue weighted by Crippen LogP contribution is -2.45. The zero-order chi connectivity index (χ0) is 13.1. The maximum atomic E-state index is 12.1. The summed E-state index contributed by atoms with van der Waals surface area (Å²) in [6.45, 7) is 5.78. The Hall–Kier alpha value is -1.22. The summed E-state index contributed by atoms with van der Waals surface area (Å²) in [5.41, 5.74) is 8.34. The average molecular weight is 250 g/mol. The summed E-state index contributed by atoms with van der Waals surface area (Å²) in [6.07, 6.45) is 4.19. The normalized spacial score (nSPS) is 36.6.